The normalized spacial score (nSPS) is 29.8. The van der Waals surface area contributed by atoms with Gasteiger partial charge in [-0.15, -0.1) is 0 Å². The minimum Gasteiger partial charge on any atom is -0.300 e. The lowest BCUT2D eigenvalue weighted by atomic mass is 9.90. The second-order valence-electron chi connectivity index (χ2n) is 6.10. The number of alkyl halides is 1. The number of hydrogen-bond acceptors (Lipinski definition) is 1. The van der Waals surface area contributed by atoms with Gasteiger partial charge in [0, 0.05) is 13.1 Å². The van der Waals surface area contributed by atoms with Crippen LogP contribution in [0, 0.1) is 5.41 Å². The minimum atomic E-state index is -0.929. The minimum absolute atomic E-state index is 0.415. The fourth-order valence-electron chi connectivity index (χ4n) is 2.04. The van der Waals surface area contributed by atoms with Crippen molar-refractivity contribution in [1.29, 1.82) is 0 Å². The zero-order valence-electron chi connectivity index (χ0n) is 10.1. The summed E-state index contributed by atoms with van der Waals surface area (Å²) in [5, 5.41) is 0. The Hall–Kier alpha value is -0.110. The Morgan fingerprint density at radius 1 is 1.36 bits per heavy atom. The second kappa shape index (κ2) is 4.18. The molecule has 0 aliphatic carbocycles. The van der Waals surface area contributed by atoms with Gasteiger partial charge in [-0.1, -0.05) is 20.8 Å². The van der Waals surface area contributed by atoms with E-state index in [0.717, 1.165) is 13.1 Å². The maximum Gasteiger partial charge on any atom is 0.122 e. The Morgan fingerprint density at radius 3 is 2.43 bits per heavy atom. The van der Waals surface area contributed by atoms with Gasteiger partial charge in [0.2, 0.25) is 0 Å². The van der Waals surface area contributed by atoms with Crippen molar-refractivity contribution in [1.82, 2.24) is 4.90 Å². The highest BCUT2D eigenvalue weighted by atomic mass is 19.1. The van der Waals surface area contributed by atoms with Gasteiger partial charge in [-0.3, -0.25) is 0 Å². The monoisotopic (exact) mass is 201 g/mol. The fourth-order valence-corrected chi connectivity index (χ4v) is 2.04. The Balaban J connectivity index is 2.15. The van der Waals surface area contributed by atoms with E-state index in [1.54, 1.807) is 6.92 Å². The first-order chi connectivity index (χ1) is 6.29. The molecule has 0 spiro atoms. The van der Waals surface area contributed by atoms with E-state index in [0.29, 0.717) is 18.4 Å². The summed E-state index contributed by atoms with van der Waals surface area (Å²) in [6.07, 6.45) is 3.13. The van der Waals surface area contributed by atoms with Crippen LogP contribution in [0.2, 0.25) is 0 Å². The van der Waals surface area contributed by atoms with Gasteiger partial charge in [0.25, 0.3) is 0 Å². The summed E-state index contributed by atoms with van der Waals surface area (Å²) in [5.41, 5.74) is -0.513. The van der Waals surface area contributed by atoms with Crippen LogP contribution in [0.4, 0.5) is 4.39 Å². The summed E-state index contributed by atoms with van der Waals surface area (Å²) in [4.78, 5) is 2.26. The lowest BCUT2D eigenvalue weighted by molar-refractivity contribution is 0.185. The summed E-state index contributed by atoms with van der Waals surface area (Å²) in [7, 11) is 0. The average Bonchev–Trinajstić information content (AvgIpc) is 2.27. The standard InChI is InChI=1S/C12H24FN/c1-11(2,3)6-5-8-14-9-7-12(4,13)10-14/h5-10H2,1-4H3. The molecule has 1 rings (SSSR count). The van der Waals surface area contributed by atoms with Crippen LogP contribution >= 0.6 is 0 Å². The summed E-state index contributed by atoms with van der Waals surface area (Å²) < 4.78 is 13.5. The molecule has 0 aromatic rings. The summed E-state index contributed by atoms with van der Waals surface area (Å²) in [5.74, 6) is 0. The van der Waals surface area contributed by atoms with Crippen LogP contribution in [0.5, 0.6) is 0 Å². The molecule has 84 valence electrons. The number of likely N-dealkylation sites (tertiary alicyclic amines) is 1. The van der Waals surface area contributed by atoms with Gasteiger partial charge in [0.15, 0.2) is 0 Å². The Kier molecular flexibility index (Phi) is 3.57. The summed E-state index contributed by atoms with van der Waals surface area (Å²) in [6, 6.07) is 0. The van der Waals surface area contributed by atoms with Gasteiger partial charge < -0.3 is 4.90 Å². The zero-order chi connectivity index (χ0) is 10.8. The topological polar surface area (TPSA) is 3.24 Å². The first-order valence-electron chi connectivity index (χ1n) is 5.70. The third-order valence-electron chi connectivity index (χ3n) is 2.90. The molecule has 14 heavy (non-hydrogen) atoms. The third kappa shape index (κ3) is 4.41. The molecule has 1 fully saturated rings. The molecule has 0 N–H and O–H groups in total. The molecule has 1 heterocycles. The fraction of sp³-hybridized carbons (Fsp3) is 1.00. The van der Waals surface area contributed by atoms with Crippen molar-refractivity contribution in [2.45, 2.75) is 52.6 Å². The van der Waals surface area contributed by atoms with E-state index in [1.807, 2.05) is 0 Å². The maximum atomic E-state index is 13.5. The Labute approximate surface area is 87.7 Å². The molecule has 0 bridgehead atoms. The Bertz CT molecular complexity index is 181. The van der Waals surface area contributed by atoms with Gasteiger partial charge in [0.1, 0.15) is 5.67 Å². The van der Waals surface area contributed by atoms with E-state index in [-0.39, 0.29) is 0 Å². The molecule has 0 aromatic heterocycles. The molecule has 1 aliphatic rings. The lowest BCUT2D eigenvalue weighted by Crippen LogP contribution is -2.27. The van der Waals surface area contributed by atoms with Gasteiger partial charge in [0.05, 0.1) is 0 Å². The van der Waals surface area contributed by atoms with Crippen molar-refractivity contribution in [2.24, 2.45) is 5.41 Å². The molecule has 1 nitrogen and oxygen atoms in total. The van der Waals surface area contributed by atoms with Crippen LogP contribution in [0.25, 0.3) is 0 Å². The molecule has 0 amide bonds. The van der Waals surface area contributed by atoms with E-state index in [1.165, 1.54) is 12.8 Å². The van der Waals surface area contributed by atoms with Crippen molar-refractivity contribution in [2.75, 3.05) is 19.6 Å². The highest BCUT2D eigenvalue weighted by molar-refractivity contribution is 4.86. The summed E-state index contributed by atoms with van der Waals surface area (Å²) >= 11 is 0. The number of rotatable bonds is 3. The lowest BCUT2D eigenvalue weighted by Gasteiger charge is -2.21. The molecular weight excluding hydrogens is 177 g/mol. The Morgan fingerprint density at radius 2 is 2.00 bits per heavy atom. The molecule has 0 aromatic carbocycles. The smallest absolute Gasteiger partial charge is 0.122 e. The van der Waals surface area contributed by atoms with Crippen LogP contribution in [0.3, 0.4) is 0 Å². The predicted molar refractivity (Wildman–Crippen MR) is 59.3 cm³/mol. The molecule has 1 saturated heterocycles. The van der Waals surface area contributed by atoms with Crippen molar-refractivity contribution in [3.05, 3.63) is 0 Å². The second-order valence-corrected chi connectivity index (χ2v) is 6.10. The molecule has 0 radical (unpaired) electrons. The average molecular weight is 201 g/mol. The number of nitrogens with zero attached hydrogens (tertiary/aromatic N) is 1. The van der Waals surface area contributed by atoms with Crippen molar-refractivity contribution in [3.63, 3.8) is 0 Å². The zero-order valence-corrected chi connectivity index (χ0v) is 10.1. The first-order valence-corrected chi connectivity index (χ1v) is 5.70. The maximum absolute atomic E-state index is 13.5. The van der Waals surface area contributed by atoms with Crippen molar-refractivity contribution >= 4 is 0 Å². The highest BCUT2D eigenvalue weighted by Crippen LogP contribution is 2.26. The van der Waals surface area contributed by atoms with Crippen LogP contribution in [-0.2, 0) is 0 Å². The van der Waals surface area contributed by atoms with E-state index in [2.05, 4.69) is 25.7 Å². The van der Waals surface area contributed by atoms with E-state index in [9.17, 15) is 4.39 Å². The molecule has 1 unspecified atom stereocenters. The molecule has 1 aliphatic heterocycles. The number of halogens is 1. The van der Waals surface area contributed by atoms with E-state index in [4.69, 9.17) is 0 Å². The van der Waals surface area contributed by atoms with Crippen LogP contribution in [0.15, 0.2) is 0 Å². The van der Waals surface area contributed by atoms with Gasteiger partial charge in [-0.2, -0.15) is 0 Å². The third-order valence-corrected chi connectivity index (χ3v) is 2.90. The first kappa shape index (κ1) is 12.0. The molecule has 0 saturated carbocycles. The summed E-state index contributed by atoms with van der Waals surface area (Å²) in [6.45, 7) is 11.1. The van der Waals surface area contributed by atoms with Crippen LogP contribution < -0.4 is 0 Å². The van der Waals surface area contributed by atoms with Crippen molar-refractivity contribution in [3.8, 4) is 0 Å². The van der Waals surface area contributed by atoms with Crippen LogP contribution in [0.1, 0.15) is 47.0 Å². The number of hydrogen-bond donors (Lipinski definition) is 0. The molecule has 2 heteroatoms. The quantitative estimate of drug-likeness (QED) is 0.677. The van der Waals surface area contributed by atoms with E-state index >= 15 is 0 Å². The largest absolute Gasteiger partial charge is 0.300 e. The SMILES string of the molecule is CC(C)(C)CCCN1CCC(C)(F)C1. The van der Waals surface area contributed by atoms with E-state index < -0.39 is 5.67 Å². The molecular formula is C12H24FN. The molecule has 1 atom stereocenters. The highest BCUT2D eigenvalue weighted by Gasteiger charge is 2.32. The predicted octanol–water partition coefficient (Wildman–Crippen LogP) is 3.25. The van der Waals surface area contributed by atoms with Crippen molar-refractivity contribution < 1.29 is 4.39 Å². The van der Waals surface area contributed by atoms with Gasteiger partial charge >= 0.3 is 0 Å². The van der Waals surface area contributed by atoms with Gasteiger partial charge in [-0.05, 0) is 38.1 Å². The van der Waals surface area contributed by atoms with Gasteiger partial charge in [-0.25, -0.2) is 4.39 Å². The van der Waals surface area contributed by atoms with Crippen LogP contribution in [-0.4, -0.2) is 30.2 Å².